The van der Waals surface area contributed by atoms with Crippen LogP contribution < -0.4 is 0 Å². The summed E-state index contributed by atoms with van der Waals surface area (Å²) in [4.78, 5) is 11.1. The van der Waals surface area contributed by atoms with Crippen molar-refractivity contribution in [1.82, 2.24) is 0 Å². The Morgan fingerprint density at radius 3 is 2.43 bits per heavy atom. The first-order chi connectivity index (χ1) is 6.54. The van der Waals surface area contributed by atoms with Crippen LogP contribution in [0.5, 0.6) is 0 Å². The fourth-order valence-electron chi connectivity index (χ4n) is 1.61. The van der Waals surface area contributed by atoms with Gasteiger partial charge in [-0.1, -0.05) is 47.1 Å². The Labute approximate surface area is 93.7 Å². The summed E-state index contributed by atoms with van der Waals surface area (Å²) in [5, 5.41) is 0. The quantitative estimate of drug-likeness (QED) is 0.756. The van der Waals surface area contributed by atoms with Gasteiger partial charge in [0.25, 0.3) is 0 Å². The van der Waals surface area contributed by atoms with Gasteiger partial charge in [0.05, 0.1) is 4.83 Å². The average molecular weight is 255 g/mol. The summed E-state index contributed by atoms with van der Waals surface area (Å²) < 4.78 is 0. The van der Waals surface area contributed by atoms with Gasteiger partial charge in [-0.05, 0) is 25.0 Å². The number of carbonyl (C=O) groups excluding carboxylic acids is 1. The van der Waals surface area contributed by atoms with Gasteiger partial charge in [-0.15, -0.1) is 0 Å². The summed E-state index contributed by atoms with van der Waals surface area (Å²) in [6.45, 7) is 5.77. The van der Waals surface area contributed by atoms with E-state index in [4.69, 9.17) is 0 Å². The van der Waals surface area contributed by atoms with Crippen LogP contribution in [0, 0.1) is 6.92 Å². The SMILES string of the molecule is CC(=O)C(Br)C(C)c1ccccc1C. The molecule has 2 heteroatoms. The number of halogens is 1. The number of rotatable bonds is 3. The Kier molecular flexibility index (Phi) is 3.87. The molecule has 1 aromatic rings. The Balaban J connectivity index is 2.94. The smallest absolute Gasteiger partial charge is 0.144 e. The second-order valence-electron chi connectivity index (χ2n) is 3.66. The van der Waals surface area contributed by atoms with Crippen molar-refractivity contribution in [1.29, 1.82) is 0 Å². The number of aryl methyl sites for hydroxylation is 1. The molecule has 0 saturated heterocycles. The third-order valence-electron chi connectivity index (χ3n) is 2.51. The zero-order valence-electron chi connectivity index (χ0n) is 8.75. The van der Waals surface area contributed by atoms with Crippen LogP contribution in [0.1, 0.15) is 30.9 Å². The van der Waals surface area contributed by atoms with Crippen molar-refractivity contribution in [2.24, 2.45) is 0 Å². The molecule has 1 nitrogen and oxygen atoms in total. The molecule has 14 heavy (non-hydrogen) atoms. The lowest BCUT2D eigenvalue weighted by Gasteiger charge is -2.18. The van der Waals surface area contributed by atoms with Gasteiger partial charge in [-0.3, -0.25) is 4.79 Å². The maximum atomic E-state index is 11.2. The Morgan fingerprint density at radius 2 is 1.93 bits per heavy atom. The first-order valence-electron chi connectivity index (χ1n) is 4.74. The van der Waals surface area contributed by atoms with E-state index in [1.807, 2.05) is 12.1 Å². The molecule has 2 unspecified atom stereocenters. The van der Waals surface area contributed by atoms with E-state index in [1.165, 1.54) is 11.1 Å². The van der Waals surface area contributed by atoms with E-state index in [9.17, 15) is 4.79 Å². The minimum Gasteiger partial charge on any atom is -0.299 e. The lowest BCUT2D eigenvalue weighted by atomic mass is 9.92. The van der Waals surface area contributed by atoms with Gasteiger partial charge in [-0.25, -0.2) is 0 Å². The molecule has 0 heterocycles. The number of hydrogen-bond acceptors (Lipinski definition) is 1. The molecule has 0 saturated carbocycles. The summed E-state index contributed by atoms with van der Waals surface area (Å²) in [6, 6.07) is 8.18. The van der Waals surface area contributed by atoms with E-state index in [1.54, 1.807) is 6.92 Å². The average Bonchev–Trinajstić information content (AvgIpc) is 2.16. The van der Waals surface area contributed by atoms with E-state index in [-0.39, 0.29) is 16.5 Å². The van der Waals surface area contributed by atoms with Crippen LogP contribution in [0.3, 0.4) is 0 Å². The zero-order chi connectivity index (χ0) is 10.7. The highest BCUT2D eigenvalue weighted by Crippen LogP contribution is 2.27. The van der Waals surface area contributed by atoms with E-state index >= 15 is 0 Å². The van der Waals surface area contributed by atoms with Gasteiger partial charge in [0.1, 0.15) is 5.78 Å². The number of ketones is 1. The number of hydrogen-bond donors (Lipinski definition) is 0. The van der Waals surface area contributed by atoms with E-state index in [2.05, 4.69) is 41.9 Å². The second kappa shape index (κ2) is 4.74. The van der Waals surface area contributed by atoms with Crippen molar-refractivity contribution < 1.29 is 4.79 Å². The second-order valence-corrected chi connectivity index (χ2v) is 4.64. The molecular formula is C12H15BrO. The van der Waals surface area contributed by atoms with Crippen LogP contribution >= 0.6 is 15.9 Å². The number of alkyl halides is 1. The third kappa shape index (κ3) is 2.44. The van der Waals surface area contributed by atoms with Gasteiger partial charge in [0.2, 0.25) is 0 Å². The van der Waals surface area contributed by atoms with Crippen molar-refractivity contribution in [2.75, 3.05) is 0 Å². The molecule has 0 aliphatic carbocycles. The third-order valence-corrected chi connectivity index (χ3v) is 3.94. The minimum absolute atomic E-state index is 0.0800. The fraction of sp³-hybridized carbons (Fsp3) is 0.417. The van der Waals surface area contributed by atoms with Crippen LogP contribution in [-0.2, 0) is 4.79 Å². The summed E-state index contributed by atoms with van der Waals surface area (Å²) >= 11 is 3.43. The van der Waals surface area contributed by atoms with Gasteiger partial charge < -0.3 is 0 Å². The summed E-state index contributed by atoms with van der Waals surface area (Å²) in [5.41, 5.74) is 2.48. The molecule has 0 spiro atoms. The van der Waals surface area contributed by atoms with Crippen molar-refractivity contribution in [2.45, 2.75) is 31.5 Å². The van der Waals surface area contributed by atoms with Gasteiger partial charge in [0.15, 0.2) is 0 Å². The molecule has 0 aliphatic rings. The molecule has 0 aromatic heterocycles. The number of carbonyl (C=O) groups is 1. The summed E-state index contributed by atoms with van der Waals surface area (Å²) in [6.07, 6.45) is 0. The highest BCUT2D eigenvalue weighted by Gasteiger charge is 2.20. The van der Waals surface area contributed by atoms with Crippen LogP contribution in [0.4, 0.5) is 0 Å². The van der Waals surface area contributed by atoms with Crippen LogP contribution in [0.15, 0.2) is 24.3 Å². The van der Waals surface area contributed by atoms with Gasteiger partial charge in [-0.2, -0.15) is 0 Å². The molecule has 1 aromatic carbocycles. The molecular weight excluding hydrogens is 240 g/mol. The maximum absolute atomic E-state index is 11.2. The van der Waals surface area contributed by atoms with Crippen LogP contribution in [0.25, 0.3) is 0 Å². The molecule has 76 valence electrons. The highest BCUT2D eigenvalue weighted by atomic mass is 79.9. The molecule has 0 aliphatic heterocycles. The van der Waals surface area contributed by atoms with E-state index < -0.39 is 0 Å². The highest BCUT2D eigenvalue weighted by molar-refractivity contribution is 9.10. The topological polar surface area (TPSA) is 17.1 Å². The van der Waals surface area contributed by atoms with Crippen molar-refractivity contribution in [3.8, 4) is 0 Å². The van der Waals surface area contributed by atoms with Gasteiger partial charge >= 0.3 is 0 Å². The maximum Gasteiger partial charge on any atom is 0.144 e. The summed E-state index contributed by atoms with van der Waals surface area (Å²) in [7, 11) is 0. The molecule has 2 atom stereocenters. The number of Topliss-reactive ketones (excluding diaryl/α,β-unsaturated/α-hetero) is 1. The van der Waals surface area contributed by atoms with E-state index in [0.717, 1.165) is 0 Å². The lowest BCUT2D eigenvalue weighted by Crippen LogP contribution is -2.18. The first kappa shape index (κ1) is 11.4. The Hall–Kier alpha value is -0.630. The molecule has 0 N–H and O–H groups in total. The molecule has 0 radical (unpaired) electrons. The predicted molar refractivity (Wildman–Crippen MR) is 63.0 cm³/mol. The Morgan fingerprint density at radius 1 is 1.36 bits per heavy atom. The van der Waals surface area contributed by atoms with Crippen molar-refractivity contribution >= 4 is 21.7 Å². The normalized spacial score (nSPS) is 14.9. The summed E-state index contributed by atoms with van der Waals surface area (Å²) in [5.74, 6) is 0.412. The molecule has 0 fully saturated rings. The van der Waals surface area contributed by atoms with Crippen molar-refractivity contribution in [3.05, 3.63) is 35.4 Å². The lowest BCUT2D eigenvalue weighted by molar-refractivity contribution is -0.116. The zero-order valence-corrected chi connectivity index (χ0v) is 10.3. The first-order valence-corrected chi connectivity index (χ1v) is 5.65. The fourth-order valence-corrected chi connectivity index (χ4v) is 1.89. The molecule has 0 amide bonds. The van der Waals surface area contributed by atoms with Gasteiger partial charge in [0, 0.05) is 5.92 Å². The predicted octanol–water partition coefficient (Wildman–Crippen LogP) is 3.45. The largest absolute Gasteiger partial charge is 0.299 e. The van der Waals surface area contributed by atoms with Crippen molar-refractivity contribution in [3.63, 3.8) is 0 Å². The number of benzene rings is 1. The van der Waals surface area contributed by atoms with E-state index in [0.29, 0.717) is 0 Å². The Bertz CT molecular complexity index is 333. The molecule has 0 bridgehead atoms. The van der Waals surface area contributed by atoms with Crippen LogP contribution in [-0.4, -0.2) is 10.6 Å². The minimum atomic E-state index is -0.0800. The van der Waals surface area contributed by atoms with Crippen LogP contribution in [0.2, 0.25) is 0 Å². The molecule has 1 rings (SSSR count). The monoisotopic (exact) mass is 254 g/mol. The standard InChI is InChI=1S/C12H15BrO/c1-8-6-4-5-7-11(8)9(2)12(13)10(3)14/h4-7,9,12H,1-3H3.